The van der Waals surface area contributed by atoms with Gasteiger partial charge in [-0.3, -0.25) is 0 Å². The van der Waals surface area contributed by atoms with E-state index in [1.807, 2.05) is 6.07 Å². The van der Waals surface area contributed by atoms with E-state index < -0.39 is 0 Å². The third-order valence-electron chi connectivity index (χ3n) is 5.03. The van der Waals surface area contributed by atoms with Crippen LogP contribution in [0.25, 0.3) is 10.8 Å². The summed E-state index contributed by atoms with van der Waals surface area (Å²) in [5.74, 6) is 0.909. The highest BCUT2D eigenvalue weighted by Crippen LogP contribution is 2.30. The van der Waals surface area contributed by atoms with Crippen molar-refractivity contribution in [3.63, 3.8) is 0 Å². The molecule has 0 radical (unpaired) electrons. The van der Waals surface area contributed by atoms with Crippen molar-refractivity contribution in [2.75, 3.05) is 7.11 Å². The summed E-state index contributed by atoms with van der Waals surface area (Å²) in [6, 6.07) is 22.2. The van der Waals surface area contributed by atoms with Gasteiger partial charge in [0.1, 0.15) is 5.75 Å². The Morgan fingerprint density at radius 1 is 1.00 bits per heavy atom. The van der Waals surface area contributed by atoms with Crippen LogP contribution in [0.15, 0.2) is 60.7 Å². The van der Waals surface area contributed by atoms with Crippen LogP contribution in [-0.4, -0.2) is 7.11 Å². The molecule has 3 aromatic carbocycles. The lowest BCUT2D eigenvalue weighted by Crippen LogP contribution is -2.24. The predicted octanol–water partition coefficient (Wildman–Crippen LogP) is 5.02. The Kier molecular flexibility index (Phi) is 4.22. The highest BCUT2D eigenvalue weighted by atomic mass is 16.5. The average molecular weight is 317 g/mol. The maximum atomic E-state index is 5.30. The molecule has 4 rings (SSSR count). The summed E-state index contributed by atoms with van der Waals surface area (Å²) in [5.41, 5.74) is 4.32. The van der Waals surface area contributed by atoms with E-state index in [1.54, 1.807) is 7.11 Å². The Bertz CT molecular complexity index is 855. The van der Waals surface area contributed by atoms with Crippen molar-refractivity contribution < 1.29 is 4.74 Å². The largest absolute Gasteiger partial charge is 0.497 e. The van der Waals surface area contributed by atoms with Crippen LogP contribution in [0.1, 0.15) is 35.6 Å². The second kappa shape index (κ2) is 6.66. The molecule has 2 nitrogen and oxygen atoms in total. The van der Waals surface area contributed by atoms with Gasteiger partial charge in [0.05, 0.1) is 7.11 Å². The van der Waals surface area contributed by atoms with Gasteiger partial charge >= 0.3 is 0 Å². The van der Waals surface area contributed by atoms with Gasteiger partial charge in [-0.05, 0) is 64.9 Å². The molecule has 0 fully saturated rings. The quantitative estimate of drug-likeness (QED) is 0.730. The third kappa shape index (κ3) is 3.02. The Labute approximate surface area is 143 Å². The summed E-state index contributed by atoms with van der Waals surface area (Å²) in [7, 11) is 1.71. The number of rotatable bonds is 4. The molecule has 2 heteroatoms. The molecule has 0 amide bonds. The second-order valence-electron chi connectivity index (χ2n) is 6.57. The van der Waals surface area contributed by atoms with E-state index in [4.69, 9.17) is 4.74 Å². The van der Waals surface area contributed by atoms with E-state index >= 15 is 0 Å². The number of hydrogen-bond acceptors (Lipinski definition) is 2. The van der Waals surface area contributed by atoms with Gasteiger partial charge in [-0.2, -0.15) is 0 Å². The van der Waals surface area contributed by atoms with E-state index in [-0.39, 0.29) is 0 Å². The zero-order chi connectivity index (χ0) is 16.4. The summed E-state index contributed by atoms with van der Waals surface area (Å²) < 4.78 is 5.30. The minimum atomic E-state index is 0.474. The molecular formula is C22H23NO. The first kappa shape index (κ1) is 15.2. The maximum Gasteiger partial charge on any atom is 0.119 e. The zero-order valence-electron chi connectivity index (χ0n) is 14.1. The van der Waals surface area contributed by atoms with Gasteiger partial charge in [-0.15, -0.1) is 0 Å². The molecule has 0 aliphatic heterocycles. The lowest BCUT2D eigenvalue weighted by Gasteiger charge is -2.26. The van der Waals surface area contributed by atoms with Crippen LogP contribution in [0.5, 0.6) is 5.75 Å². The predicted molar refractivity (Wildman–Crippen MR) is 99.5 cm³/mol. The van der Waals surface area contributed by atoms with Crippen LogP contribution in [-0.2, 0) is 13.0 Å². The fraction of sp³-hybridized carbons (Fsp3) is 0.273. The van der Waals surface area contributed by atoms with Crippen LogP contribution in [0.3, 0.4) is 0 Å². The molecule has 0 saturated carbocycles. The lowest BCUT2D eigenvalue weighted by molar-refractivity contribution is 0.415. The smallest absolute Gasteiger partial charge is 0.119 e. The van der Waals surface area contributed by atoms with Crippen molar-refractivity contribution in [3.8, 4) is 5.75 Å². The van der Waals surface area contributed by atoms with Gasteiger partial charge in [-0.25, -0.2) is 0 Å². The van der Waals surface area contributed by atoms with Gasteiger partial charge in [-0.1, -0.05) is 42.5 Å². The molecule has 0 spiro atoms. The number of benzene rings is 3. The van der Waals surface area contributed by atoms with E-state index in [9.17, 15) is 0 Å². The first-order valence-corrected chi connectivity index (χ1v) is 8.71. The molecule has 1 aliphatic rings. The van der Waals surface area contributed by atoms with Gasteiger partial charge in [0.25, 0.3) is 0 Å². The van der Waals surface area contributed by atoms with Gasteiger partial charge in [0.15, 0.2) is 0 Å². The molecule has 0 heterocycles. The Morgan fingerprint density at radius 2 is 1.83 bits per heavy atom. The Balaban J connectivity index is 1.51. The SMILES string of the molecule is COc1ccc2cc(CN[C@@H]3CCCc4ccccc43)ccc2c1. The lowest BCUT2D eigenvalue weighted by atomic mass is 9.87. The second-order valence-corrected chi connectivity index (χ2v) is 6.57. The zero-order valence-corrected chi connectivity index (χ0v) is 14.1. The highest BCUT2D eigenvalue weighted by molar-refractivity contribution is 5.84. The standard InChI is InChI=1S/C22H23NO/c1-24-20-12-11-18-13-16(9-10-19(18)14-20)15-23-22-8-4-6-17-5-2-3-7-21(17)22/h2-3,5,7,9-14,22-23H,4,6,8,15H2,1H3/t22-/m1/s1. The molecule has 3 aromatic rings. The number of nitrogens with one attached hydrogen (secondary N) is 1. The molecule has 1 N–H and O–H groups in total. The summed E-state index contributed by atoms with van der Waals surface area (Å²) in [4.78, 5) is 0. The van der Waals surface area contributed by atoms with Crippen molar-refractivity contribution in [2.24, 2.45) is 0 Å². The molecular weight excluding hydrogens is 294 g/mol. The number of aryl methyl sites for hydroxylation is 1. The highest BCUT2D eigenvalue weighted by Gasteiger charge is 2.18. The molecule has 122 valence electrons. The fourth-order valence-electron chi connectivity index (χ4n) is 3.72. The average Bonchev–Trinajstić information content (AvgIpc) is 2.65. The minimum Gasteiger partial charge on any atom is -0.497 e. The van der Waals surface area contributed by atoms with Crippen molar-refractivity contribution in [1.82, 2.24) is 5.32 Å². The number of methoxy groups -OCH3 is 1. The third-order valence-corrected chi connectivity index (χ3v) is 5.03. The summed E-state index contributed by atoms with van der Waals surface area (Å²) >= 11 is 0. The fourth-order valence-corrected chi connectivity index (χ4v) is 3.72. The van der Waals surface area contributed by atoms with E-state index in [0.717, 1.165) is 12.3 Å². The Morgan fingerprint density at radius 3 is 2.75 bits per heavy atom. The van der Waals surface area contributed by atoms with Crippen LogP contribution in [0.2, 0.25) is 0 Å². The van der Waals surface area contributed by atoms with Crippen LogP contribution >= 0.6 is 0 Å². The van der Waals surface area contributed by atoms with Crippen molar-refractivity contribution in [2.45, 2.75) is 31.8 Å². The molecule has 1 atom stereocenters. The minimum absolute atomic E-state index is 0.474. The van der Waals surface area contributed by atoms with Gasteiger partial charge in [0.2, 0.25) is 0 Å². The van der Waals surface area contributed by atoms with E-state index in [0.29, 0.717) is 6.04 Å². The Hall–Kier alpha value is -2.32. The molecule has 0 aromatic heterocycles. The van der Waals surface area contributed by atoms with Gasteiger partial charge in [0, 0.05) is 12.6 Å². The van der Waals surface area contributed by atoms with Crippen molar-refractivity contribution in [3.05, 3.63) is 77.4 Å². The van der Waals surface area contributed by atoms with Crippen LogP contribution < -0.4 is 10.1 Å². The van der Waals surface area contributed by atoms with Crippen LogP contribution in [0.4, 0.5) is 0 Å². The molecule has 0 unspecified atom stereocenters. The molecule has 1 aliphatic carbocycles. The molecule has 0 saturated heterocycles. The van der Waals surface area contributed by atoms with Crippen molar-refractivity contribution >= 4 is 10.8 Å². The monoisotopic (exact) mass is 317 g/mol. The first-order chi connectivity index (χ1) is 11.8. The normalized spacial score (nSPS) is 16.8. The van der Waals surface area contributed by atoms with E-state index in [1.165, 1.54) is 46.7 Å². The van der Waals surface area contributed by atoms with Gasteiger partial charge < -0.3 is 10.1 Å². The number of hydrogen-bond donors (Lipinski definition) is 1. The number of ether oxygens (including phenoxy) is 1. The maximum absolute atomic E-state index is 5.30. The van der Waals surface area contributed by atoms with E-state index in [2.05, 4.69) is 59.9 Å². The molecule has 24 heavy (non-hydrogen) atoms. The van der Waals surface area contributed by atoms with Crippen molar-refractivity contribution in [1.29, 1.82) is 0 Å². The summed E-state index contributed by atoms with van der Waals surface area (Å²) in [5, 5.41) is 6.24. The van der Waals surface area contributed by atoms with Crippen LogP contribution in [0, 0.1) is 0 Å². The molecule has 0 bridgehead atoms. The number of fused-ring (bicyclic) bond motifs is 2. The summed E-state index contributed by atoms with van der Waals surface area (Å²) in [6.45, 7) is 0.904. The first-order valence-electron chi connectivity index (χ1n) is 8.71. The summed E-state index contributed by atoms with van der Waals surface area (Å²) in [6.07, 6.45) is 3.71. The topological polar surface area (TPSA) is 21.3 Å².